The third-order valence-corrected chi connectivity index (χ3v) is 6.52. The van der Waals surface area contributed by atoms with E-state index in [9.17, 15) is 23.1 Å². The van der Waals surface area contributed by atoms with Crippen LogP contribution in [0.5, 0.6) is 0 Å². The number of halogens is 3. The summed E-state index contributed by atoms with van der Waals surface area (Å²) in [6.45, 7) is 4.79. The smallest absolute Gasteiger partial charge is 0.386 e. The number of imidazole rings is 1. The number of hydrogen-bond acceptors (Lipinski definition) is 4. The number of carbonyl (C=O) groups excluding carboxylic acids is 1. The summed E-state index contributed by atoms with van der Waals surface area (Å²) in [5, 5.41) is 17.5. The first-order chi connectivity index (χ1) is 18.3. The molecule has 0 unspecified atom stereocenters. The third-order valence-electron chi connectivity index (χ3n) is 6.52. The second-order valence-electron chi connectivity index (χ2n) is 9.92. The standard InChI is InChI=1S/C29H26F3N5O2/c1-17-14-22(29(30,31)32)21(23-11-12-36(4)35-23)16-20(17)27(38)34-26-25(18-8-6-5-7-9-18)33-24-15-19(28(2,3)39)10-13-37(24)26/h5-16,39H,1-4H3,(H,34,38). The molecule has 0 saturated carbocycles. The van der Waals surface area contributed by atoms with Gasteiger partial charge in [0.05, 0.1) is 16.9 Å². The van der Waals surface area contributed by atoms with Crippen molar-refractivity contribution in [1.29, 1.82) is 0 Å². The van der Waals surface area contributed by atoms with Crippen molar-refractivity contribution in [3.8, 4) is 22.5 Å². The first-order valence-corrected chi connectivity index (χ1v) is 12.2. The Balaban J connectivity index is 1.64. The lowest BCUT2D eigenvalue weighted by Crippen LogP contribution is -2.18. The van der Waals surface area contributed by atoms with Gasteiger partial charge in [0.25, 0.3) is 5.91 Å². The predicted molar refractivity (Wildman–Crippen MR) is 142 cm³/mol. The van der Waals surface area contributed by atoms with Crippen LogP contribution in [0.1, 0.15) is 40.9 Å². The second kappa shape index (κ2) is 9.39. The zero-order chi connectivity index (χ0) is 28.1. The van der Waals surface area contributed by atoms with E-state index in [1.165, 1.54) is 23.7 Å². The highest BCUT2D eigenvalue weighted by Crippen LogP contribution is 2.39. The highest BCUT2D eigenvalue weighted by atomic mass is 19.4. The monoisotopic (exact) mass is 533 g/mol. The Labute approximate surface area is 222 Å². The van der Waals surface area contributed by atoms with Crippen molar-refractivity contribution in [2.24, 2.45) is 7.05 Å². The molecule has 7 nitrogen and oxygen atoms in total. The lowest BCUT2D eigenvalue weighted by molar-refractivity contribution is -0.137. The van der Waals surface area contributed by atoms with Gasteiger partial charge in [-0.1, -0.05) is 30.3 Å². The van der Waals surface area contributed by atoms with Gasteiger partial charge in [0.15, 0.2) is 0 Å². The molecule has 0 aliphatic carbocycles. The number of pyridine rings is 1. The van der Waals surface area contributed by atoms with Crippen LogP contribution in [0, 0.1) is 6.92 Å². The molecule has 0 bridgehead atoms. The highest BCUT2D eigenvalue weighted by molar-refractivity contribution is 6.07. The van der Waals surface area contributed by atoms with Gasteiger partial charge in [-0.2, -0.15) is 18.3 Å². The zero-order valence-electron chi connectivity index (χ0n) is 21.7. The van der Waals surface area contributed by atoms with Gasteiger partial charge in [-0.15, -0.1) is 0 Å². The Morgan fingerprint density at radius 1 is 1.00 bits per heavy atom. The largest absolute Gasteiger partial charge is 0.417 e. The van der Waals surface area contributed by atoms with Crippen LogP contribution in [0.3, 0.4) is 0 Å². The molecule has 0 aliphatic rings. The maximum atomic E-state index is 13.9. The quantitative estimate of drug-likeness (QED) is 0.281. The number of nitrogens with zero attached hydrogens (tertiary/aromatic N) is 4. The number of amides is 1. The fourth-order valence-corrected chi connectivity index (χ4v) is 4.47. The van der Waals surface area contributed by atoms with Gasteiger partial charge in [-0.25, -0.2) is 4.98 Å². The Morgan fingerprint density at radius 2 is 1.72 bits per heavy atom. The van der Waals surface area contributed by atoms with Gasteiger partial charge in [0.1, 0.15) is 17.2 Å². The van der Waals surface area contributed by atoms with Gasteiger partial charge in [0, 0.05) is 36.1 Å². The molecule has 10 heteroatoms. The van der Waals surface area contributed by atoms with E-state index >= 15 is 0 Å². The van der Waals surface area contributed by atoms with Crippen molar-refractivity contribution in [3.63, 3.8) is 0 Å². The molecule has 39 heavy (non-hydrogen) atoms. The first kappa shape index (κ1) is 26.2. The average Bonchev–Trinajstić information content (AvgIpc) is 3.46. The lowest BCUT2D eigenvalue weighted by Gasteiger charge is -2.18. The van der Waals surface area contributed by atoms with E-state index in [0.717, 1.165) is 11.6 Å². The number of carbonyl (C=O) groups is 1. The van der Waals surface area contributed by atoms with Crippen molar-refractivity contribution in [2.75, 3.05) is 5.32 Å². The Kier molecular flexibility index (Phi) is 6.30. The molecule has 0 spiro atoms. The minimum Gasteiger partial charge on any atom is -0.386 e. The number of aryl methyl sites for hydroxylation is 2. The van der Waals surface area contributed by atoms with Crippen LogP contribution in [-0.2, 0) is 18.8 Å². The number of aliphatic hydroxyl groups is 1. The van der Waals surface area contributed by atoms with Crippen LogP contribution in [0.4, 0.5) is 19.0 Å². The number of fused-ring (bicyclic) bond motifs is 1. The van der Waals surface area contributed by atoms with Crippen molar-refractivity contribution in [2.45, 2.75) is 32.5 Å². The van der Waals surface area contributed by atoms with Crippen LogP contribution in [0.2, 0.25) is 0 Å². The zero-order valence-corrected chi connectivity index (χ0v) is 21.7. The summed E-state index contributed by atoms with van der Waals surface area (Å²) in [6.07, 6.45) is -1.40. The fourth-order valence-electron chi connectivity index (χ4n) is 4.47. The number of anilines is 1. The molecule has 5 aromatic rings. The fraction of sp³-hybridized carbons (Fsp3) is 0.207. The molecule has 0 aliphatic heterocycles. The van der Waals surface area contributed by atoms with Crippen LogP contribution in [0.15, 0.2) is 73.1 Å². The maximum absolute atomic E-state index is 13.9. The molecule has 1 amide bonds. The van der Waals surface area contributed by atoms with Gasteiger partial charge < -0.3 is 10.4 Å². The van der Waals surface area contributed by atoms with E-state index in [4.69, 9.17) is 4.98 Å². The van der Waals surface area contributed by atoms with E-state index < -0.39 is 23.2 Å². The average molecular weight is 534 g/mol. The first-order valence-electron chi connectivity index (χ1n) is 12.2. The van der Waals surface area contributed by atoms with E-state index in [1.54, 1.807) is 49.8 Å². The van der Waals surface area contributed by atoms with E-state index in [2.05, 4.69) is 10.4 Å². The lowest BCUT2D eigenvalue weighted by atomic mass is 9.96. The second-order valence-corrected chi connectivity index (χ2v) is 9.92. The number of hydrogen-bond donors (Lipinski definition) is 2. The van der Waals surface area contributed by atoms with Crippen molar-refractivity contribution >= 4 is 17.4 Å². The normalized spacial score (nSPS) is 12.2. The molecule has 0 radical (unpaired) electrons. The number of alkyl halides is 3. The molecule has 2 aromatic carbocycles. The van der Waals surface area contributed by atoms with Gasteiger partial charge in [-0.05, 0) is 62.2 Å². The molecule has 0 atom stereocenters. The van der Waals surface area contributed by atoms with Crippen molar-refractivity contribution < 1.29 is 23.1 Å². The molecular weight excluding hydrogens is 507 g/mol. The Bertz CT molecular complexity index is 1700. The summed E-state index contributed by atoms with van der Waals surface area (Å²) in [7, 11) is 1.61. The predicted octanol–water partition coefficient (Wildman–Crippen LogP) is 6.21. The van der Waals surface area contributed by atoms with Crippen LogP contribution < -0.4 is 5.32 Å². The van der Waals surface area contributed by atoms with Gasteiger partial charge in [0.2, 0.25) is 0 Å². The number of rotatable bonds is 5. The van der Waals surface area contributed by atoms with Gasteiger partial charge in [-0.3, -0.25) is 13.9 Å². The molecule has 0 saturated heterocycles. The Hall–Kier alpha value is -4.44. The molecule has 3 aromatic heterocycles. The van der Waals surface area contributed by atoms with Crippen LogP contribution in [0.25, 0.3) is 28.2 Å². The summed E-state index contributed by atoms with van der Waals surface area (Å²) in [4.78, 5) is 18.4. The van der Waals surface area contributed by atoms with Gasteiger partial charge >= 0.3 is 6.18 Å². The number of nitrogens with one attached hydrogen (secondary N) is 1. The minimum atomic E-state index is -4.63. The topological polar surface area (TPSA) is 84.5 Å². The third kappa shape index (κ3) is 5.03. The highest BCUT2D eigenvalue weighted by Gasteiger charge is 2.35. The summed E-state index contributed by atoms with van der Waals surface area (Å²) < 4.78 is 44.9. The van der Waals surface area contributed by atoms with Crippen molar-refractivity contribution in [3.05, 3.63) is 95.3 Å². The van der Waals surface area contributed by atoms with E-state index in [-0.39, 0.29) is 22.4 Å². The van der Waals surface area contributed by atoms with Crippen LogP contribution >= 0.6 is 0 Å². The van der Waals surface area contributed by atoms with E-state index in [0.29, 0.717) is 22.7 Å². The number of benzene rings is 2. The SMILES string of the molecule is Cc1cc(C(F)(F)F)c(-c2ccn(C)n2)cc1C(=O)Nc1c(-c2ccccc2)nc2cc(C(C)(C)O)ccn12. The van der Waals surface area contributed by atoms with Crippen LogP contribution in [-0.4, -0.2) is 30.2 Å². The summed E-state index contributed by atoms with van der Waals surface area (Å²) in [5.74, 6) is -0.244. The molecular formula is C29H26F3N5O2. The Morgan fingerprint density at radius 3 is 2.33 bits per heavy atom. The molecule has 2 N–H and O–H groups in total. The molecule has 5 rings (SSSR count). The van der Waals surface area contributed by atoms with Crippen molar-refractivity contribution in [1.82, 2.24) is 19.2 Å². The molecule has 200 valence electrons. The minimum absolute atomic E-state index is 0.0747. The number of aromatic nitrogens is 4. The summed E-state index contributed by atoms with van der Waals surface area (Å²) >= 11 is 0. The summed E-state index contributed by atoms with van der Waals surface area (Å²) in [6, 6.07) is 16.3. The molecule has 3 heterocycles. The summed E-state index contributed by atoms with van der Waals surface area (Å²) in [5.41, 5.74) is 0.527. The van der Waals surface area contributed by atoms with E-state index in [1.807, 2.05) is 30.3 Å². The molecule has 0 fully saturated rings. The maximum Gasteiger partial charge on any atom is 0.417 e.